The Morgan fingerprint density at radius 1 is 1.32 bits per heavy atom. The van der Waals surface area contributed by atoms with Gasteiger partial charge in [-0.1, -0.05) is 29.8 Å². The number of rotatable bonds is 5. The summed E-state index contributed by atoms with van der Waals surface area (Å²) < 4.78 is 19.7. The van der Waals surface area contributed by atoms with Crippen LogP contribution in [0.25, 0.3) is 0 Å². The Bertz CT molecular complexity index is 626. The SMILES string of the molecule is C=CCN(CC=C)C1=N[C@](C)(c2cc(C)ccc2F)C=CO1. The van der Waals surface area contributed by atoms with E-state index in [0.29, 0.717) is 24.7 Å². The molecule has 0 saturated carbocycles. The van der Waals surface area contributed by atoms with Gasteiger partial charge in [-0.2, -0.15) is 0 Å². The second-order valence-electron chi connectivity index (χ2n) is 5.43. The molecule has 0 radical (unpaired) electrons. The molecule has 4 heteroatoms. The molecule has 0 aromatic heterocycles. The van der Waals surface area contributed by atoms with Crippen molar-refractivity contribution in [3.05, 3.63) is 72.8 Å². The van der Waals surface area contributed by atoms with E-state index < -0.39 is 5.54 Å². The molecule has 1 aliphatic rings. The molecular formula is C18H21FN2O. The molecule has 1 atom stereocenters. The van der Waals surface area contributed by atoms with E-state index in [0.717, 1.165) is 5.56 Å². The summed E-state index contributed by atoms with van der Waals surface area (Å²) in [4.78, 5) is 6.51. The van der Waals surface area contributed by atoms with Crippen LogP contribution in [0.2, 0.25) is 0 Å². The van der Waals surface area contributed by atoms with Crippen LogP contribution in [-0.2, 0) is 10.3 Å². The Hall–Kier alpha value is -2.36. The van der Waals surface area contributed by atoms with Crippen LogP contribution in [-0.4, -0.2) is 24.0 Å². The number of benzene rings is 1. The van der Waals surface area contributed by atoms with Crippen molar-refractivity contribution >= 4 is 6.02 Å². The van der Waals surface area contributed by atoms with Crippen molar-refractivity contribution in [2.24, 2.45) is 4.99 Å². The lowest BCUT2D eigenvalue weighted by Gasteiger charge is -2.31. The van der Waals surface area contributed by atoms with Crippen LogP contribution < -0.4 is 0 Å². The normalized spacial score (nSPS) is 20.0. The van der Waals surface area contributed by atoms with E-state index in [1.165, 1.54) is 6.07 Å². The van der Waals surface area contributed by atoms with Gasteiger partial charge >= 0.3 is 0 Å². The summed E-state index contributed by atoms with van der Waals surface area (Å²) in [6.45, 7) is 12.4. The summed E-state index contributed by atoms with van der Waals surface area (Å²) in [7, 11) is 0. The molecule has 1 aliphatic heterocycles. The standard InChI is InChI=1S/C18H21FN2O/c1-5-10-21(11-6-2)17-20-18(4,9-12-22-17)15-13-14(3)7-8-16(15)19/h5-9,12-13H,1-2,10-11H2,3-4H3/t18-/m0/s1. The van der Waals surface area contributed by atoms with Crippen LogP contribution >= 0.6 is 0 Å². The number of aryl methyl sites for hydroxylation is 1. The fourth-order valence-electron chi connectivity index (χ4n) is 2.35. The minimum atomic E-state index is -0.801. The molecule has 0 spiro atoms. The summed E-state index contributed by atoms with van der Waals surface area (Å²) in [5.41, 5.74) is 0.717. The van der Waals surface area contributed by atoms with Gasteiger partial charge < -0.3 is 9.64 Å². The molecule has 0 saturated heterocycles. The number of aliphatic imine (C=N–C) groups is 1. The van der Waals surface area contributed by atoms with Gasteiger partial charge in [-0.3, -0.25) is 0 Å². The number of amidine groups is 1. The minimum Gasteiger partial charge on any atom is -0.434 e. The predicted octanol–water partition coefficient (Wildman–Crippen LogP) is 3.92. The molecule has 2 rings (SSSR count). The number of hydrogen-bond acceptors (Lipinski definition) is 3. The lowest BCUT2D eigenvalue weighted by molar-refractivity contribution is 0.318. The van der Waals surface area contributed by atoms with Gasteiger partial charge in [0.1, 0.15) is 11.4 Å². The van der Waals surface area contributed by atoms with Crippen molar-refractivity contribution < 1.29 is 9.13 Å². The van der Waals surface area contributed by atoms with Crippen molar-refractivity contribution in [2.45, 2.75) is 19.4 Å². The van der Waals surface area contributed by atoms with E-state index in [1.54, 1.807) is 30.6 Å². The molecule has 116 valence electrons. The van der Waals surface area contributed by atoms with Gasteiger partial charge in [-0.25, -0.2) is 9.38 Å². The summed E-state index contributed by atoms with van der Waals surface area (Å²) in [5.74, 6) is -0.276. The van der Waals surface area contributed by atoms with E-state index in [-0.39, 0.29) is 5.82 Å². The van der Waals surface area contributed by atoms with E-state index in [4.69, 9.17) is 4.74 Å². The molecule has 0 N–H and O–H groups in total. The highest BCUT2D eigenvalue weighted by molar-refractivity contribution is 5.76. The van der Waals surface area contributed by atoms with Crippen LogP contribution in [0, 0.1) is 12.7 Å². The molecule has 0 bridgehead atoms. The van der Waals surface area contributed by atoms with Crippen molar-refractivity contribution in [1.82, 2.24) is 4.90 Å². The highest BCUT2D eigenvalue weighted by atomic mass is 19.1. The van der Waals surface area contributed by atoms with Gasteiger partial charge in [0.05, 0.1) is 6.26 Å². The second kappa shape index (κ2) is 6.60. The van der Waals surface area contributed by atoms with E-state index in [9.17, 15) is 4.39 Å². The van der Waals surface area contributed by atoms with Gasteiger partial charge in [-0.05, 0) is 26.0 Å². The molecule has 1 heterocycles. The smallest absolute Gasteiger partial charge is 0.294 e. The van der Waals surface area contributed by atoms with Crippen molar-refractivity contribution in [3.63, 3.8) is 0 Å². The van der Waals surface area contributed by atoms with E-state index in [2.05, 4.69) is 18.2 Å². The number of nitrogens with zero attached hydrogens (tertiary/aromatic N) is 2. The first kappa shape index (κ1) is 16.0. The second-order valence-corrected chi connectivity index (χ2v) is 5.43. The maximum atomic E-state index is 14.2. The summed E-state index contributed by atoms with van der Waals surface area (Å²) in [5, 5.41) is 0. The van der Waals surface area contributed by atoms with E-state index >= 15 is 0 Å². The fraction of sp³-hybridized carbons (Fsp3) is 0.278. The molecule has 1 aromatic rings. The van der Waals surface area contributed by atoms with Crippen molar-refractivity contribution in [1.29, 1.82) is 0 Å². The lowest BCUT2D eigenvalue weighted by atomic mass is 9.90. The van der Waals surface area contributed by atoms with Crippen molar-refractivity contribution in [2.75, 3.05) is 13.1 Å². The third-order valence-electron chi connectivity index (χ3n) is 3.53. The maximum Gasteiger partial charge on any atom is 0.294 e. The van der Waals surface area contributed by atoms with Gasteiger partial charge in [-0.15, -0.1) is 13.2 Å². The molecule has 0 amide bonds. The lowest BCUT2D eigenvalue weighted by Crippen LogP contribution is -2.37. The van der Waals surface area contributed by atoms with Crippen molar-refractivity contribution in [3.8, 4) is 0 Å². The first-order valence-corrected chi connectivity index (χ1v) is 7.18. The molecule has 22 heavy (non-hydrogen) atoms. The van der Waals surface area contributed by atoms with Crippen LogP contribution in [0.5, 0.6) is 0 Å². The largest absolute Gasteiger partial charge is 0.434 e. The zero-order chi connectivity index (χ0) is 16.2. The van der Waals surface area contributed by atoms with E-state index in [1.807, 2.05) is 24.8 Å². The Morgan fingerprint density at radius 3 is 2.64 bits per heavy atom. The van der Waals surface area contributed by atoms with Gasteiger partial charge in [0.25, 0.3) is 6.02 Å². The molecular weight excluding hydrogens is 279 g/mol. The first-order valence-electron chi connectivity index (χ1n) is 7.18. The van der Waals surface area contributed by atoms with Crippen LogP contribution in [0.3, 0.4) is 0 Å². The molecule has 1 aromatic carbocycles. The third-order valence-corrected chi connectivity index (χ3v) is 3.53. The summed E-state index contributed by atoms with van der Waals surface area (Å²) in [6.07, 6.45) is 6.84. The first-order chi connectivity index (χ1) is 10.5. The highest BCUT2D eigenvalue weighted by Gasteiger charge is 2.31. The number of ether oxygens (including phenoxy) is 1. The number of halogens is 1. The van der Waals surface area contributed by atoms with Gasteiger partial charge in [0.15, 0.2) is 0 Å². The summed E-state index contributed by atoms with van der Waals surface area (Å²) in [6, 6.07) is 5.47. The Morgan fingerprint density at radius 2 is 2.00 bits per heavy atom. The average molecular weight is 300 g/mol. The Labute approximate surface area is 131 Å². The highest BCUT2D eigenvalue weighted by Crippen LogP contribution is 2.32. The molecule has 3 nitrogen and oxygen atoms in total. The van der Waals surface area contributed by atoms with Gasteiger partial charge in [0.2, 0.25) is 0 Å². The quantitative estimate of drug-likeness (QED) is 0.770. The Balaban J connectivity index is 2.43. The molecule has 0 unspecified atom stereocenters. The Kier molecular flexibility index (Phi) is 4.81. The van der Waals surface area contributed by atoms with Crippen LogP contribution in [0.4, 0.5) is 4.39 Å². The third kappa shape index (κ3) is 3.27. The molecule has 0 aliphatic carbocycles. The van der Waals surface area contributed by atoms with Crippen LogP contribution in [0.1, 0.15) is 18.1 Å². The predicted molar refractivity (Wildman–Crippen MR) is 88.1 cm³/mol. The molecule has 0 fully saturated rings. The fourth-order valence-corrected chi connectivity index (χ4v) is 2.35. The topological polar surface area (TPSA) is 24.8 Å². The zero-order valence-electron chi connectivity index (χ0n) is 13.1. The average Bonchev–Trinajstić information content (AvgIpc) is 2.49. The van der Waals surface area contributed by atoms with Crippen LogP contribution in [0.15, 0.2) is 60.8 Å². The minimum absolute atomic E-state index is 0.276. The zero-order valence-corrected chi connectivity index (χ0v) is 13.1. The summed E-state index contributed by atoms with van der Waals surface area (Å²) >= 11 is 0. The monoisotopic (exact) mass is 300 g/mol. The number of hydrogen-bond donors (Lipinski definition) is 0. The maximum absolute atomic E-state index is 14.2. The van der Waals surface area contributed by atoms with Gasteiger partial charge in [0, 0.05) is 18.7 Å².